The summed E-state index contributed by atoms with van der Waals surface area (Å²) in [4.78, 5) is 0. The first kappa shape index (κ1) is 5.06. The van der Waals surface area contributed by atoms with E-state index >= 15 is 0 Å². The molecule has 0 aliphatic carbocycles. The lowest BCUT2D eigenvalue weighted by molar-refractivity contribution is 0.205. The van der Waals surface area contributed by atoms with Crippen LogP contribution in [0.1, 0.15) is 6.92 Å². The minimum absolute atomic E-state index is 0.255. The van der Waals surface area contributed by atoms with E-state index in [1.54, 1.807) is 0 Å². The maximum atomic E-state index is 8.47. The minimum Gasteiger partial charge on any atom is -0.396 e. The van der Waals surface area contributed by atoms with Gasteiger partial charge in [0, 0.05) is 12.5 Å². The van der Waals surface area contributed by atoms with Crippen molar-refractivity contribution in [1.82, 2.24) is 0 Å². The van der Waals surface area contributed by atoms with Gasteiger partial charge in [0.05, 0.1) is 12.7 Å². The summed E-state index contributed by atoms with van der Waals surface area (Å²) >= 11 is 0. The second-order valence-electron chi connectivity index (χ2n) is 2.03. The van der Waals surface area contributed by atoms with Crippen molar-refractivity contribution in [3.63, 3.8) is 0 Å². The van der Waals surface area contributed by atoms with Crippen molar-refractivity contribution in [2.75, 3.05) is 13.2 Å². The monoisotopic (exact) mass is 102 g/mol. The Bertz CT molecular complexity index is 59.1. The Morgan fingerprint density at radius 3 is 2.71 bits per heavy atom. The van der Waals surface area contributed by atoms with E-state index in [1.165, 1.54) is 0 Å². The Kier molecular flexibility index (Phi) is 1.30. The molecule has 0 amide bonds. The molecule has 7 heavy (non-hydrogen) atoms. The predicted octanol–water partition coefficient (Wildman–Crippen LogP) is 0.0136. The number of epoxide rings is 1. The minimum atomic E-state index is 0.255. The van der Waals surface area contributed by atoms with Gasteiger partial charge in [-0.1, -0.05) is 6.92 Å². The zero-order valence-electron chi connectivity index (χ0n) is 4.42. The molecule has 0 spiro atoms. The Balaban J connectivity index is 2.10. The molecule has 42 valence electrons. The zero-order chi connectivity index (χ0) is 5.28. The van der Waals surface area contributed by atoms with Gasteiger partial charge in [0.25, 0.3) is 0 Å². The molecule has 1 saturated heterocycles. The summed E-state index contributed by atoms with van der Waals surface area (Å²) in [6, 6.07) is 0. The molecule has 0 radical (unpaired) electrons. The number of hydrogen-bond acceptors (Lipinski definition) is 2. The van der Waals surface area contributed by atoms with Crippen molar-refractivity contribution in [3.05, 3.63) is 0 Å². The van der Waals surface area contributed by atoms with Crippen molar-refractivity contribution in [1.29, 1.82) is 0 Å². The molecule has 2 nitrogen and oxygen atoms in total. The van der Waals surface area contributed by atoms with E-state index < -0.39 is 0 Å². The van der Waals surface area contributed by atoms with Crippen molar-refractivity contribution >= 4 is 0 Å². The first-order valence-corrected chi connectivity index (χ1v) is 2.57. The largest absolute Gasteiger partial charge is 0.396 e. The summed E-state index contributed by atoms with van der Waals surface area (Å²) in [5, 5.41) is 8.47. The summed E-state index contributed by atoms with van der Waals surface area (Å²) in [6.45, 7) is 3.09. The van der Waals surface area contributed by atoms with E-state index in [1.807, 2.05) is 6.92 Å². The van der Waals surface area contributed by atoms with Crippen LogP contribution in [0, 0.1) is 5.92 Å². The molecule has 2 heteroatoms. The van der Waals surface area contributed by atoms with Crippen LogP contribution in [0.25, 0.3) is 0 Å². The molecule has 0 aromatic rings. The fourth-order valence-corrected chi connectivity index (χ4v) is 0.502. The van der Waals surface area contributed by atoms with E-state index in [0.717, 1.165) is 6.61 Å². The summed E-state index contributed by atoms with van der Waals surface area (Å²) in [5.41, 5.74) is 0. The predicted molar refractivity (Wildman–Crippen MR) is 26.0 cm³/mol. The fraction of sp³-hybridized carbons (Fsp3) is 1.00. The van der Waals surface area contributed by atoms with E-state index in [0.29, 0.717) is 12.0 Å². The molecule has 0 aromatic carbocycles. The standard InChI is InChI=1S/C5H10O2/c1-4(2-6)5-3-7-5/h4-6H,2-3H2,1H3/t4-,5-/m0/s1. The van der Waals surface area contributed by atoms with Gasteiger partial charge in [-0.05, 0) is 0 Å². The van der Waals surface area contributed by atoms with Gasteiger partial charge in [0.2, 0.25) is 0 Å². The molecule has 1 aliphatic heterocycles. The highest BCUT2D eigenvalue weighted by atomic mass is 16.6. The third kappa shape index (κ3) is 1.14. The third-order valence-electron chi connectivity index (χ3n) is 1.28. The molecule has 0 saturated carbocycles. The number of aliphatic hydroxyl groups is 1. The van der Waals surface area contributed by atoms with E-state index in [-0.39, 0.29) is 6.61 Å². The average Bonchev–Trinajstić information content (AvgIpc) is 2.44. The third-order valence-corrected chi connectivity index (χ3v) is 1.28. The van der Waals surface area contributed by atoms with Crippen LogP contribution in [0.4, 0.5) is 0 Å². The van der Waals surface area contributed by atoms with Crippen LogP contribution < -0.4 is 0 Å². The van der Waals surface area contributed by atoms with Gasteiger partial charge in [-0.2, -0.15) is 0 Å². The molecular formula is C5H10O2. The van der Waals surface area contributed by atoms with Gasteiger partial charge in [-0.15, -0.1) is 0 Å². The Labute approximate surface area is 43.1 Å². The van der Waals surface area contributed by atoms with Crippen LogP contribution in [0.3, 0.4) is 0 Å². The highest BCUT2D eigenvalue weighted by molar-refractivity contribution is 4.74. The number of aliphatic hydroxyl groups excluding tert-OH is 1. The maximum absolute atomic E-state index is 8.47. The lowest BCUT2D eigenvalue weighted by Gasteiger charge is -1.98. The van der Waals surface area contributed by atoms with Crippen LogP contribution in [0.15, 0.2) is 0 Å². The maximum Gasteiger partial charge on any atom is 0.0857 e. The quantitative estimate of drug-likeness (QED) is 0.498. The van der Waals surface area contributed by atoms with Crippen molar-refractivity contribution in [2.45, 2.75) is 13.0 Å². The molecule has 1 heterocycles. The van der Waals surface area contributed by atoms with Crippen molar-refractivity contribution in [2.24, 2.45) is 5.92 Å². The van der Waals surface area contributed by atoms with Crippen LogP contribution in [0.5, 0.6) is 0 Å². The molecule has 1 N–H and O–H groups in total. The second-order valence-corrected chi connectivity index (χ2v) is 2.03. The molecule has 0 unspecified atom stereocenters. The van der Waals surface area contributed by atoms with E-state index in [9.17, 15) is 0 Å². The summed E-state index contributed by atoms with van der Waals surface area (Å²) < 4.78 is 4.90. The van der Waals surface area contributed by atoms with Gasteiger partial charge in [-0.3, -0.25) is 0 Å². The molecule has 1 fully saturated rings. The number of rotatable bonds is 2. The fourth-order valence-electron chi connectivity index (χ4n) is 0.502. The molecule has 0 bridgehead atoms. The van der Waals surface area contributed by atoms with Crippen LogP contribution in [0.2, 0.25) is 0 Å². The Morgan fingerprint density at radius 1 is 2.00 bits per heavy atom. The van der Waals surface area contributed by atoms with Gasteiger partial charge in [0.1, 0.15) is 0 Å². The molecule has 0 aromatic heterocycles. The average molecular weight is 102 g/mol. The Hall–Kier alpha value is -0.0800. The summed E-state index contributed by atoms with van der Waals surface area (Å²) in [6.07, 6.45) is 0.366. The SMILES string of the molecule is C[C@@H](CO)[C@@H]1CO1. The first-order chi connectivity index (χ1) is 3.34. The van der Waals surface area contributed by atoms with Crippen LogP contribution >= 0.6 is 0 Å². The topological polar surface area (TPSA) is 32.8 Å². The highest BCUT2D eigenvalue weighted by Gasteiger charge is 2.28. The van der Waals surface area contributed by atoms with Crippen LogP contribution in [-0.2, 0) is 4.74 Å². The zero-order valence-corrected chi connectivity index (χ0v) is 4.42. The molecule has 1 rings (SSSR count). The highest BCUT2D eigenvalue weighted by Crippen LogP contribution is 2.18. The molecule has 2 atom stereocenters. The lowest BCUT2D eigenvalue weighted by Crippen LogP contribution is -2.07. The second kappa shape index (κ2) is 1.80. The lowest BCUT2D eigenvalue weighted by atomic mass is 10.1. The Morgan fingerprint density at radius 2 is 2.57 bits per heavy atom. The van der Waals surface area contributed by atoms with Crippen molar-refractivity contribution in [3.8, 4) is 0 Å². The molecule has 1 aliphatic rings. The van der Waals surface area contributed by atoms with Gasteiger partial charge in [-0.25, -0.2) is 0 Å². The van der Waals surface area contributed by atoms with E-state index in [4.69, 9.17) is 9.84 Å². The number of ether oxygens (including phenoxy) is 1. The summed E-state index contributed by atoms with van der Waals surface area (Å²) in [7, 11) is 0. The summed E-state index contributed by atoms with van der Waals surface area (Å²) in [5.74, 6) is 0.347. The van der Waals surface area contributed by atoms with Gasteiger partial charge in [0.15, 0.2) is 0 Å². The smallest absolute Gasteiger partial charge is 0.0857 e. The van der Waals surface area contributed by atoms with Gasteiger partial charge < -0.3 is 9.84 Å². The van der Waals surface area contributed by atoms with Crippen molar-refractivity contribution < 1.29 is 9.84 Å². The van der Waals surface area contributed by atoms with Crippen LogP contribution in [-0.4, -0.2) is 24.4 Å². The normalized spacial score (nSPS) is 32.6. The van der Waals surface area contributed by atoms with E-state index in [2.05, 4.69) is 0 Å². The van der Waals surface area contributed by atoms with Gasteiger partial charge >= 0.3 is 0 Å². The molecular weight excluding hydrogens is 92.1 g/mol. The first-order valence-electron chi connectivity index (χ1n) is 2.57. The number of hydrogen-bond donors (Lipinski definition) is 1.